The Morgan fingerprint density at radius 2 is 1.81 bits per heavy atom. The molecule has 1 aromatic rings. The van der Waals surface area contributed by atoms with Crippen LogP contribution >= 0.6 is 0 Å². The van der Waals surface area contributed by atoms with Crippen molar-refractivity contribution in [1.29, 1.82) is 0 Å². The molecule has 1 aliphatic carbocycles. The van der Waals surface area contributed by atoms with E-state index in [1.54, 1.807) is 11.9 Å². The zero-order chi connectivity index (χ0) is 15.8. The second-order valence-electron chi connectivity index (χ2n) is 6.47. The molecular weight excluding hydrogens is 281 g/mol. The summed E-state index contributed by atoms with van der Waals surface area (Å²) >= 11 is 0. The number of alkyl halides is 3. The third-order valence-corrected chi connectivity index (χ3v) is 4.24. The molecule has 118 valence electrons. The molecule has 2 rings (SSSR count). The van der Waals surface area contributed by atoms with E-state index in [0.717, 1.165) is 31.7 Å². The average Bonchev–Trinajstić information content (AvgIpc) is 2.36. The van der Waals surface area contributed by atoms with Gasteiger partial charge in [-0.2, -0.15) is 18.2 Å². The number of anilines is 2. The van der Waals surface area contributed by atoms with Crippen molar-refractivity contribution in [3.8, 4) is 0 Å². The lowest BCUT2D eigenvalue weighted by Gasteiger charge is -2.39. The Hall–Kier alpha value is -1.53. The molecule has 21 heavy (non-hydrogen) atoms. The fraction of sp³-hybridized carbons (Fsp3) is 0.714. The van der Waals surface area contributed by atoms with E-state index in [1.807, 2.05) is 0 Å². The van der Waals surface area contributed by atoms with Gasteiger partial charge in [-0.3, -0.25) is 0 Å². The molecule has 1 aliphatic rings. The molecule has 1 fully saturated rings. The van der Waals surface area contributed by atoms with Crippen molar-refractivity contribution in [3.63, 3.8) is 0 Å². The molecule has 0 atom stereocenters. The fourth-order valence-corrected chi connectivity index (χ4v) is 2.74. The lowest BCUT2D eigenvalue weighted by atomic mass is 9.75. The number of rotatable bonds is 2. The summed E-state index contributed by atoms with van der Waals surface area (Å²) in [5.41, 5.74) is 4.73. The monoisotopic (exact) mass is 302 g/mol. The summed E-state index contributed by atoms with van der Waals surface area (Å²) in [5.74, 6) is -0.109. The molecule has 1 saturated carbocycles. The number of hydrogen-bond donors (Lipinski definition) is 1. The Morgan fingerprint density at radius 3 is 2.33 bits per heavy atom. The van der Waals surface area contributed by atoms with Crippen LogP contribution in [0.25, 0.3) is 0 Å². The van der Waals surface area contributed by atoms with Crippen LogP contribution in [0.1, 0.15) is 45.2 Å². The van der Waals surface area contributed by atoms with Gasteiger partial charge in [0.15, 0.2) is 5.69 Å². The van der Waals surface area contributed by atoms with Crippen molar-refractivity contribution >= 4 is 11.8 Å². The van der Waals surface area contributed by atoms with Crippen molar-refractivity contribution < 1.29 is 13.2 Å². The average molecular weight is 302 g/mol. The first-order chi connectivity index (χ1) is 9.58. The smallest absolute Gasteiger partial charge is 0.368 e. The maximum absolute atomic E-state index is 12.8. The molecule has 4 nitrogen and oxygen atoms in total. The number of halogens is 3. The Morgan fingerprint density at radius 1 is 1.24 bits per heavy atom. The Bertz CT molecular complexity index is 503. The minimum Gasteiger partial charge on any atom is -0.368 e. The first-order valence-corrected chi connectivity index (χ1v) is 7.03. The number of nitrogens with zero attached hydrogens (tertiary/aromatic N) is 3. The number of aromatic nitrogens is 2. The van der Waals surface area contributed by atoms with Crippen molar-refractivity contribution in [2.75, 3.05) is 17.7 Å². The van der Waals surface area contributed by atoms with E-state index in [0.29, 0.717) is 5.41 Å². The van der Waals surface area contributed by atoms with E-state index in [4.69, 9.17) is 5.73 Å². The fourth-order valence-electron chi connectivity index (χ4n) is 2.74. The number of nitrogen functional groups attached to an aromatic ring is 1. The second-order valence-corrected chi connectivity index (χ2v) is 6.47. The van der Waals surface area contributed by atoms with Gasteiger partial charge < -0.3 is 10.6 Å². The third-order valence-electron chi connectivity index (χ3n) is 4.24. The molecule has 1 aromatic heterocycles. The normalized spacial score (nSPS) is 19.5. The van der Waals surface area contributed by atoms with E-state index in [9.17, 15) is 13.2 Å². The molecule has 0 spiro atoms. The zero-order valence-electron chi connectivity index (χ0n) is 12.5. The van der Waals surface area contributed by atoms with Crippen molar-refractivity contribution in [1.82, 2.24) is 9.97 Å². The van der Waals surface area contributed by atoms with Crippen LogP contribution in [-0.4, -0.2) is 23.1 Å². The van der Waals surface area contributed by atoms with Gasteiger partial charge in [-0.1, -0.05) is 13.8 Å². The van der Waals surface area contributed by atoms with Crippen LogP contribution in [0.5, 0.6) is 0 Å². The molecule has 0 aromatic carbocycles. The van der Waals surface area contributed by atoms with Gasteiger partial charge in [-0.05, 0) is 31.1 Å². The summed E-state index contributed by atoms with van der Waals surface area (Å²) in [6.45, 7) is 4.43. The molecule has 0 saturated heterocycles. The Kier molecular flexibility index (Phi) is 4.04. The van der Waals surface area contributed by atoms with Gasteiger partial charge in [0.2, 0.25) is 5.95 Å². The van der Waals surface area contributed by atoms with Gasteiger partial charge in [0, 0.05) is 19.2 Å². The van der Waals surface area contributed by atoms with E-state index in [-0.39, 0.29) is 17.8 Å². The topological polar surface area (TPSA) is 55.0 Å². The second kappa shape index (κ2) is 5.35. The van der Waals surface area contributed by atoms with Gasteiger partial charge in [0.1, 0.15) is 5.82 Å². The van der Waals surface area contributed by atoms with Crippen LogP contribution in [0.4, 0.5) is 24.9 Å². The highest BCUT2D eigenvalue weighted by molar-refractivity contribution is 5.44. The molecule has 0 aliphatic heterocycles. The third kappa shape index (κ3) is 3.77. The van der Waals surface area contributed by atoms with Crippen LogP contribution in [0.15, 0.2) is 6.07 Å². The molecule has 1 heterocycles. The molecule has 7 heteroatoms. The van der Waals surface area contributed by atoms with E-state index in [1.165, 1.54) is 0 Å². The highest BCUT2D eigenvalue weighted by atomic mass is 19.4. The molecule has 0 amide bonds. The lowest BCUT2D eigenvalue weighted by molar-refractivity contribution is -0.141. The number of nitrogens with two attached hydrogens (primary N) is 1. The standard InChI is InChI=1S/C14H21F3N4/c1-13(2)6-4-9(5-7-13)21(3)11-8-10(14(15,16)17)19-12(18)20-11/h8-9H,4-7H2,1-3H3,(H2,18,19,20). The Balaban J connectivity index is 2.20. The Labute approximate surface area is 122 Å². The largest absolute Gasteiger partial charge is 0.433 e. The summed E-state index contributed by atoms with van der Waals surface area (Å²) in [4.78, 5) is 9.02. The maximum Gasteiger partial charge on any atom is 0.433 e. The van der Waals surface area contributed by atoms with Crippen molar-refractivity contribution in [2.24, 2.45) is 5.41 Å². The van der Waals surface area contributed by atoms with Gasteiger partial charge in [-0.25, -0.2) is 4.98 Å². The van der Waals surface area contributed by atoms with Gasteiger partial charge in [-0.15, -0.1) is 0 Å². The first-order valence-electron chi connectivity index (χ1n) is 7.03. The quantitative estimate of drug-likeness (QED) is 0.908. The predicted octanol–water partition coefficient (Wildman–Crippen LogP) is 3.48. The predicted molar refractivity (Wildman–Crippen MR) is 75.9 cm³/mol. The number of hydrogen-bond acceptors (Lipinski definition) is 4. The molecule has 2 N–H and O–H groups in total. The molecular formula is C14H21F3N4. The van der Waals surface area contributed by atoms with Crippen LogP contribution in [-0.2, 0) is 6.18 Å². The van der Waals surface area contributed by atoms with E-state index in [2.05, 4.69) is 23.8 Å². The highest BCUT2D eigenvalue weighted by Crippen LogP contribution is 2.38. The summed E-state index contributed by atoms with van der Waals surface area (Å²) in [7, 11) is 1.77. The zero-order valence-corrected chi connectivity index (χ0v) is 12.5. The van der Waals surface area contributed by atoms with Crippen LogP contribution in [0.2, 0.25) is 0 Å². The van der Waals surface area contributed by atoms with Crippen LogP contribution in [0.3, 0.4) is 0 Å². The highest BCUT2D eigenvalue weighted by Gasteiger charge is 2.35. The summed E-state index contributed by atoms with van der Waals surface area (Å²) in [6, 6.07) is 1.16. The summed E-state index contributed by atoms with van der Waals surface area (Å²) in [6.07, 6.45) is -0.534. The molecule has 0 unspecified atom stereocenters. The minimum atomic E-state index is -4.51. The van der Waals surface area contributed by atoms with E-state index < -0.39 is 11.9 Å². The van der Waals surface area contributed by atoms with Gasteiger partial charge in [0.05, 0.1) is 0 Å². The van der Waals surface area contributed by atoms with Crippen molar-refractivity contribution in [3.05, 3.63) is 11.8 Å². The first kappa shape index (κ1) is 15.9. The van der Waals surface area contributed by atoms with Gasteiger partial charge >= 0.3 is 6.18 Å². The lowest BCUT2D eigenvalue weighted by Crippen LogP contribution is -2.38. The molecule has 0 radical (unpaired) electrons. The van der Waals surface area contributed by atoms with Crippen molar-refractivity contribution in [2.45, 2.75) is 51.7 Å². The molecule has 0 bridgehead atoms. The van der Waals surface area contributed by atoms with Crippen LogP contribution < -0.4 is 10.6 Å². The summed E-state index contributed by atoms with van der Waals surface area (Å²) in [5, 5.41) is 0. The van der Waals surface area contributed by atoms with E-state index >= 15 is 0 Å². The van der Waals surface area contributed by atoms with Crippen LogP contribution in [0, 0.1) is 5.41 Å². The maximum atomic E-state index is 12.8. The minimum absolute atomic E-state index is 0.188. The summed E-state index contributed by atoms with van der Waals surface area (Å²) < 4.78 is 38.4. The van der Waals surface area contributed by atoms with Gasteiger partial charge in [0.25, 0.3) is 0 Å². The SMILES string of the molecule is CN(c1cc(C(F)(F)F)nc(N)n1)C1CCC(C)(C)CC1.